The molecule has 2 fully saturated rings. The van der Waals surface area contributed by atoms with Crippen molar-refractivity contribution in [2.24, 2.45) is 11.8 Å². The highest BCUT2D eigenvalue weighted by atomic mass is 35.5. The standard InChI is InChI=1S/C18H19ClFN3.2ClH/c1-22-9-13-10-23(18-16(19)6-3-7-21-18)11-15(13)17(22)12-4-2-5-14(20)8-12;;/h2-8,13,15,17H,9-11H2,1H3;2*1H/t13-,15+,17-;;/m0../s1. The lowest BCUT2D eigenvalue weighted by Gasteiger charge is -2.27. The van der Waals surface area contributed by atoms with Crippen LogP contribution in [0.4, 0.5) is 10.2 Å². The van der Waals surface area contributed by atoms with Crippen molar-refractivity contribution < 1.29 is 4.39 Å². The van der Waals surface area contributed by atoms with Gasteiger partial charge in [0.15, 0.2) is 0 Å². The SMILES string of the molecule is CN1C[C@H]2CN(c3ncccc3Cl)C[C@H]2[C@@H]1c1cccc(F)c1.Cl.Cl. The fourth-order valence-corrected chi connectivity index (χ4v) is 4.47. The third kappa shape index (κ3) is 3.72. The number of rotatable bonds is 2. The number of aromatic nitrogens is 1. The maximum Gasteiger partial charge on any atom is 0.147 e. The summed E-state index contributed by atoms with van der Waals surface area (Å²) < 4.78 is 13.6. The molecule has 0 bridgehead atoms. The number of nitrogens with zero attached hydrogens (tertiary/aromatic N) is 3. The summed E-state index contributed by atoms with van der Waals surface area (Å²) >= 11 is 6.30. The number of halogens is 4. The van der Waals surface area contributed by atoms with Gasteiger partial charge < -0.3 is 4.90 Å². The lowest BCUT2D eigenvalue weighted by molar-refractivity contribution is 0.279. The first-order chi connectivity index (χ1) is 11.1. The van der Waals surface area contributed by atoms with Crippen LogP contribution in [0.5, 0.6) is 0 Å². The van der Waals surface area contributed by atoms with Gasteiger partial charge in [-0.2, -0.15) is 0 Å². The van der Waals surface area contributed by atoms with Crippen LogP contribution in [-0.4, -0.2) is 36.6 Å². The van der Waals surface area contributed by atoms with E-state index in [2.05, 4.69) is 21.8 Å². The van der Waals surface area contributed by atoms with E-state index >= 15 is 0 Å². The molecule has 1 aromatic heterocycles. The van der Waals surface area contributed by atoms with Crippen molar-refractivity contribution in [1.29, 1.82) is 0 Å². The van der Waals surface area contributed by atoms with E-state index in [0.717, 1.165) is 31.0 Å². The molecule has 0 saturated carbocycles. The number of pyridine rings is 1. The van der Waals surface area contributed by atoms with Gasteiger partial charge in [-0.3, -0.25) is 4.90 Å². The third-order valence-corrected chi connectivity index (χ3v) is 5.42. The highest BCUT2D eigenvalue weighted by molar-refractivity contribution is 6.32. The molecule has 3 atom stereocenters. The molecule has 0 aliphatic carbocycles. The summed E-state index contributed by atoms with van der Waals surface area (Å²) in [5, 5.41) is 0.697. The molecule has 4 rings (SSSR count). The van der Waals surface area contributed by atoms with E-state index in [-0.39, 0.29) is 36.7 Å². The Balaban J connectivity index is 0.00000113. The Kier molecular flexibility index (Phi) is 6.55. The van der Waals surface area contributed by atoms with Gasteiger partial charge in [0.1, 0.15) is 11.6 Å². The van der Waals surface area contributed by atoms with E-state index in [1.54, 1.807) is 18.3 Å². The number of anilines is 1. The van der Waals surface area contributed by atoms with Gasteiger partial charge in [0.25, 0.3) is 0 Å². The zero-order valence-electron chi connectivity index (χ0n) is 13.8. The Hall–Kier alpha value is -1.07. The van der Waals surface area contributed by atoms with Gasteiger partial charge in [-0.25, -0.2) is 9.37 Å². The first-order valence-corrected chi connectivity index (χ1v) is 8.32. The maximum atomic E-state index is 13.6. The van der Waals surface area contributed by atoms with Crippen LogP contribution in [0.3, 0.4) is 0 Å². The molecule has 136 valence electrons. The van der Waals surface area contributed by atoms with Gasteiger partial charge in [0.2, 0.25) is 0 Å². The van der Waals surface area contributed by atoms with Crippen LogP contribution < -0.4 is 4.90 Å². The smallest absolute Gasteiger partial charge is 0.147 e. The quantitative estimate of drug-likeness (QED) is 0.737. The second kappa shape index (κ2) is 8.09. The Labute approximate surface area is 165 Å². The molecular weight excluding hydrogens is 384 g/mol. The van der Waals surface area contributed by atoms with Gasteiger partial charge in [0, 0.05) is 37.8 Å². The van der Waals surface area contributed by atoms with E-state index in [1.807, 2.05) is 18.2 Å². The van der Waals surface area contributed by atoms with Crippen molar-refractivity contribution in [3.63, 3.8) is 0 Å². The summed E-state index contributed by atoms with van der Waals surface area (Å²) in [5.41, 5.74) is 1.06. The molecule has 2 saturated heterocycles. The molecule has 2 aliphatic heterocycles. The van der Waals surface area contributed by atoms with Crippen molar-refractivity contribution in [3.8, 4) is 0 Å². The van der Waals surface area contributed by atoms with E-state index in [4.69, 9.17) is 11.6 Å². The lowest BCUT2D eigenvalue weighted by Crippen LogP contribution is -2.29. The molecule has 7 heteroatoms. The Bertz CT molecular complexity index is 730. The van der Waals surface area contributed by atoms with Crippen molar-refractivity contribution in [1.82, 2.24) is 9.88 Å². The summed E-state index contributed by atoms with van der Waals surface area (Å²) in [5.74, 6) is 1.73. The largest absolute Gasteiger partial charge is 0.355 e. The Morgan fingerprint density at radius 3 is 2.64 bits per heavy atom. The minimum Gasteiger partial charge on any atom is -0.355 e. The van der Waals surface area contributed by atoms with Crippen LogP contribution in [0, 0.1) is 17.7 Å². The Morgan fingerprint density at radius 2 is 1.92 bits per heavy atom. The number of hydrogen-bond donors (Lipinski definition) is 0. The van der Waals surface area contributed by atoms with Crippen LogP contribution in [0.2, 0.25) is 5.02 Å². The molecular formula is C18H21Cl3FN3. The highest BCUT2D eigenvalue weighted by Gasteiger charge is 2.46. The zero-order chi connectivity index (χ0) is 16.0. The molecule has 3 nitrogen and oxygen atoms in total. The second-order valence-electron chi connectivity index (χ2n) is 6.58. The normalized spacial score (nSPS) is 25.2. The molecule has 0 spiro atoms. The van der Waals surface area contributed by atoms with Crippen LogP contribution in [0.25, 0.3) is 0 Å². The predicted molar refractivity (Wildman–Crippen MR) is 105 cm³/mol. The van der Waals surface area contributed by atoms with Crippen molar-refractivity contribution in [2.75, 3.05) is 31.6 Å². The van der Waals surface area contributed by atoms with Crippen LogP contribution in [0.15, 0.2) is 42.6 Å². The van der Waals surface area contributed by atoms with Crippen LogP contribution in [-0.2, 0) is 0 Å². The zero-order valence-corrected chi connectivity index (χ0v) is 16.2. The summed E-state index contributed by atoms with van der Waals surface area (Å²) in [6, 6.07) is 11.0. The molecule has 0 radical (unpaired) electrons. The van der Waals surface area contributed by atoms with E-state index < -0.39 is 0 Å². The van der Waals surface area contributed by atoms with Crippen molar-refractivity contribution in [2.45, 2.75) is 6.04 Å². The lowest BCUT2D eigenvalue weighted by atomic mass is 9.89. The molecule has 2 aliphatic rings. The van der Waals surface area contributed by atoms with Crippen molar-refractivity contribution >= 4 is 42.2 Å². The Morgan fingerprint density at radius 1 is 1.12 bits per heavy atom. The summed E-state index contributed by atoms with van der Waals surface area (Å²) in [4.78, 5) is 9.06. The van der Waals surface area contributed by atoms with Crippen LogP contribution in [0.1, 0.15) is 11.6 Å². The second-order valence-corrected chi connectivity index (χ2v) is 6.98. The predicted octanol–water partition coefficient (Wildman–Crippen LogP) is 4.46. The van der Waals surface area contributed by atoms with E-state index in [9.17, 15) is 4.39 Å². The highest BCUT2D eigenvalue weighted by Crippen LogP contribution is 2.45. The monoisotopic (exact) mass is 403 g/mol. The summed E-state index contributed by atoms with van der Waals surface area (Å²) in [6.45, 7) is 2.89. The number of likely N-dealkylation sites (tertiary alicyclic amines) is 1. The molecule has 0 amide bonds. The van der Waals surface area contributed by atoms with Crippen LogP contribution >= 0.6 is 36.4 Å². The van der Waals surface area contributed by atoms with E-state index in [1.165, 1.54) is 6.07 Å². The first-order valence-electron chi connectivity index (χ1n) is 7.94. The van der Waals surface area contributed by atoms with Gasteiger partial charge in [-0.15, -0.1) is 24.8 Å². The van der Waals surface area contributed by atoms with Gasteiger partial charge in [-0.1, -0.05) is 23.7 Å². The molecule has 2 aromatic rings. The van der Waals surface area contributed by atoms with E-state index in [0.29, 0.717) is 16.9 Å². The maximum absolute atomic E-state index is 13.6. The molecule has 0 unspecified atom stereocenters. The minimum absolute atomic E-state index is 0. The summed E-state index contributed by atoms with van der Waals surface area (Å²) in [7, 11) is 2.13. The van der Waals surface area contributed by atoms with Crippen molar-refractivity contribution in [3.05, 3.63) is 59.0 Å². The first kappa shape index (κ1) is 20.2. The number of benzene rings is 1. The average Bonchev–Trinajstić information content (AvgIpc) is 3.04. The minimum atomic E-state index is -0.165. The summed E-state index contributed by atoms with van der Waals surface area (Å²) in [6.07, 6.45) is 1.78. The third-order valence-electron chi connectivity index (χ3n) is 5.12. The van der Waals surface area contributed by atoms with Gasteiger partial charge >= 0.3 is 0 Å². The molecule has 25 heavy (non-hydrogen) atoms. The number of hydrogen-bond acceptors (Lipinski definition) is 3. The fourth-order valence-electron chi connectivity index (χ4n) is 4.23. The molecule has 3 heterocycles. The molecule has 0 N–H and O–H groups in total. The van der Waals surface area contributed by atoms with Gasteiger partial charge in [0.05, 0.1) is 5.02 Å². The molecule has 1 aromatic carbocycles. The number of fused-ring (bicyclic) bond motifs is 1. The topological polar surface area (TPSA) is 19.4 Å². The fraction of sp³-hybridized carbons (Fsp3) is 0.389. The van der Waals surface area contributed by atoms with Gasteiger partial charge in [-0.05, 0) is 42.8 Å². The average molecular weight is 405 g/mol.